The van der Waals surface area contributed by atoms with E-state index >= 15 is 0 Å². The average Bonchev–Trinajstić information content (AvgIpc) is 2.77. The van der Waals surface area contributed by atoms with E-state index in [1.54, 1.807) is 0 Å². The highest BCUT2D eigenvalue weighted by molar-refractivity contribution is 5.58. The summed E-state index contributed by atoms with van der Waals surface area (Å²) in [5.74, 6) is 0.723. The molecule has 0 aliphatic heterocycles. The molecule has 0 fully saturated rings. The average molecular weight is 219 g/mol. The molecule has 2 aromatic rings. The predicted octanol–water partition coefficient (Wildman–Crippen LogP) is 1.29. The van der Waals surface area contributed by atoms with E-state index < -0.39 is 0 Å². The summed E-state index contributed by atoms with van der Waals surface area (Å²) in [6.07, 6.45) is 0. The minimum atomic E-state index is -0.209. The summed E-state index contributed by atoms with van der Waals surface area (Å²) in [4.78, 5) is 6.04. The van der Waals surface area contributed by atoms with E-state index in [2.05, 4.69) is 10.1 Å². The maximum Gasteiger partial charge on any atom is 0.258 e. The molecule has 0 unspecified atom stereocenters. The number of hydrogen-bond acceptors (Lipinski definition) is 5. The van der Waals surface area contributed by atoms with E-state index in [-0.39, 0.29) is 6.61 Å². The van der Waals surface area contributed by atoms with E-state index in [1.165, 1.54) is 0 Å². The Kier molecular flexibility index (Phi) is 2.87. The number of nitrogens with zero attached hydrogens (tertiary/aromatic N) is 3. The summed E-state index contributed by atoms with van der Waals surface area (Å²) < 4.78 is 5.01. The van der Waals surface area contributed by atoms with Crippen LogP contribution in [0.1, 0.15) is 5.82 Å². The molecular formula is C11H13N3O2. The van der Waals surface area contributed by atoms with Crippen LogP contribution < -0.4 is 4.90 Å². The monoisotopic (exact) mass is 219 g/mol. The number of rotatable bonds is 3. The van der Waals surface area contributed by atoms with Crippen LogP contribution in [0.25, 0.3) is 11.5 Å². The van der Waals surface area contributed by atoms with E-state index in [9.17, 15) is 0 Å². The second-order valence-electron chi connectivity index (χ2n) is 3.62. The number of aromatic nitrogens is 2. The van der Waals surface area contributed by atoms with Crippen LogP contribution in [-0.2, 0) is 6.61 Å². The van der Waals surface area contributed by atoms with Gasteiger partial charge in [0.1, 0.15) is 6.61 Å². The van der Waals surface area contributed by atoms with Crippen LogP contribution in [0.2, 0.25) is 0 Å². The summed E-state index contributed by atoms with van der Waals surface area (Å²) in [5.41, 5.74) is 1.95. The van der Waals surface area contributed by atoms with Gasteiger partial charge in [-0.2, -0.15) is 4.98 Å². The highest BCUT2D eigenvalue weighted by atomic mass is 16.5. The zero-order chi connectivity index (χ0) is 11.5. The van der Waals surface area contributed by atoms with Crippen LogP contribution in [-0.4, -0.2) is 29.3 Å². The lowest BCUT2D eigenvalue weighted by molar-refractivity contribution is 0.264. The molecule has 16 heavy (non-hydrogen) atoms. The number of anilines is 1. The predicted molar refractivity (Wildman–Crippen MR) is 60.0 cm³/mol. The molecule has 84 valence electrons. The quantitative estimate of drug-likeness (QED) is 0.842. The van der Waals surface area contributed by atoms with E-state index in [4.69, 9.17) is 9.63 Å². The summed E-state index contributed by atoms with van der Waals surface area (Å²) >= 11 is 0. The Hall–Kier alpha value is -1.88. The van der Waals surface area contributed by atoms with Crippen LogP contribution in [0.4, 0.5) is 5.69 Å². The Balaban J connectivity index is 2.27. The van der Waals surface area contributed by atoms with Gasteiger partial charge in [-0.15, -0.1) is 0 Å². The van der Waals surface area contributed by atoms with Gasteiger partial charge in [0.05, 0.1) is 0 Å². The number of hydrogen-bond donors (Lipinski definition) is 1. The first-order valence-corrected chi connectivity index (χ1v) is 4.92. The molecule has 0 aliphatic carbocycles. The normalized spacial score (nSPS) is 10.4. The van der Waals surface area contributed by atoms with Crippen molar-refractivity contribution in [2.24, 2.45) is 0 Å². The first kappa shape index (κ1) is 10.6. The van der Waals surface area contributed by atoms with Crippen LogP contribution in [0.3, 0.4) is 0 Å². The molecule has 1 aromatic heterocycles. The highest BCUT2D eigenvalue weighted by Gasteiger charge is 2.07. The fourth-order valence-electron chi connectivity index (χ4n) is 1.34. The molecule has 1 heterocycles. The lowest BCUT2D eigenvalue weighted by atomic mass is 10.2. The van der Waals surface area contributed by atoms with E-state index in [0.29, 0.717) is 11.7 Å². The molecule has 5 nitrogen and oxygen atoms in total. The molecule has 0 radical (unpaired) electrons. The van der Waals surface area contributed by atoms with E-state index in [1.807, 2.05) is 43.3 Å². The summed E-state index contributed by atoms with van der Waals surface area (Å²) in [6, 6.07) is 7.75. The molecule has 0 saturated carbocycles. The Labute approximate surface area is 93.3 Å². The molecule has 0 saturated heterocycles. The first-order chi connectivity index (χ1) is 7.70. The topological polar surface area (TPSA) is 62.4 Å². The van der Waals surface area contributed by atoms with Crippen molar-refractivity contribution in [1.82, 2.24) is 10.1 Å². The highest BCUT2D eigenvalue weighted by Crippen LogP contribution is 2.20. The molecule has 0 amide bonds. The minimum Gasteiger partial charge on any atom is -0.388 e. The van der Waals surface area contributed by atoms with Crippen LogP contribution in [0.5, 0.6) is 0 Å². The van der Waals surface area contributed by atoms with Crippen LogP contribution in [0.15, 0.2) is 28.8 Å². The van der Waals surface area contributed by atoms with Crippen molar-refractivity contribution in [1.29, 1.82) is 0 Å². The third-order valence-corrected chi connectivity index (χ3v) is 2.24. The molecule has 0 spiro atoms. The maximum atomic E-state index is 8.82. The van der Waals surface area contributed by atoms with Gasteiger partial charge in [-0.1, -0.05) is 5.16 Å². The summed E-state index contributed by atoms with van der Waals surface area (Å²) in [7, 11) is 3.96. The third-order valence-electron chi connectivity index (χ3n) is 2.24. The lowest BCUT2D eigenvalue weighted by Gasteiger charge is -2.11. The van der Waals surface area contributed by atoms with Crippen molar-refractivity contribution in [2.75, 3.05) is 19.0 Å². The molecular weight excluding hydrogens is 206 g/mol. The summed E-state index contributed by atoms with van der Waals surface area (Å²) in [5, 5.41) is 12.4. The molecule has 1 aromatic carbocycles. The Morgan fingerprint density at radius 2 is 1.94 bits per heavy atom. The zero-order valence-corrected chi connectivity index (χ0v) is 9.21. The van der Waals surface area contributed by atoms with Gasteiger partial charge in [0, 0.05) is 25.3 Å². The smallest absolute Gasteiger partial charge is 0.258 e. The largest absolute Gasteiger partial charge is 0.388 e. The standard InChI is InChI=1S/C11H13N3O2/c1-14(2)9-5-3-8(4-6-9)11-12-10(7-15)13-16-11/h3-6,15H,7H2,1-2H3. The second-order valence-corrected chi connectivity index (χ2v) is 3.62. The van der Waals surface area contributed by atoms with Crippen molar-refractivity contribution in [3.05, 3.63) is 30.1 Å². The molecule has 0 atom stereocenters. The Morgan fingerprint density at radius 1 is 1.25 bits per heavy atom. The number of aliphatic hydroxyl groups is 1. The van der Waals surface area contributed by atoms with Crippen LogP contribution in [0, 0.1) is 0 Å². The SMILES string of the molecule is CN(C)c1ccc(-c2nc(CO)no2)cc1. The van der Waals surface area contributed by atoms with Gasteiger partial charge in [-0.3, -0.25) is 0 Å². The van der Waals surface area contributed by atoms with Gasteiger partial charge >= 0.3 is 0 Å². The fraction of sp³-hybridized carbons (Fsp3) is 0.273. The third kappa shape index (κ3) is 2.04. The van der Waals surface area contributed by atoms with Gasteiger partial charge in [0.15, 0.2) is 5.82 Å². The first-order valence-electron chi connectivity index (χ1n) is 4.92. The van der Waals surface area contributed by atoms with Gasteiger partial charge in [-0.05, 0) is 24.3 Å². The number of aliphatic hydroxyl groups excluding tert-OH is 1. The minimum absolute atomic E-state index is 0.209. The molecule has 1 N–H and O–H groups in total. The van der Waals surface area contributed by atoms with Gasteiger partial charge in [0.25, 0.3) is 5.89 Å². The van der Waals surface area contributed by atoms with Gasteiger partial charge in [0.2, 0.25) is 0 Å². The second kappa shape index (κ2) is 4.32. The zero-order valence-electron chi connectivity index (χ0n) is 9.21. The Bertz CT molecular complexity index is 462. The van der Waals surface area contributed by atoms with Crippen molar-refractivity contribution < 1.29 is 9.63 Å². The van der Waals surface area contributed by atoms with Gasteiger partial charge in [-0.25, -0.2) is 0 Å². The fourth-order valence-corrected chi connectivity index (χ4v) is 1.34. The van der Waals surface area contributed by atoms with Crippen molar-refractivity contribution in [2.45, 2.75) is 6.61 Å². The maximum absolute atomic E-state index is 8.82. The van der Waals surface area contributed by atoms with Crippen molar-refractivity contribution >= 4 is 5.69 Å². The molecule has 0 aliphatic rings. The number of benzene rings is 1. The molecule has 5 heteroatoms. The Morgan fingerprint density at radius 3 is 2.44 bits per heavy atom. The van der Waals surface area contributed by atoms with E-state index in [0.717, 1.165) is 11.3 Å². The van der Waals surface area contributed by atoms with Crippen molar-refractivity contribution in [3.63, 3.8) is 0 Å². The molecule has 2 rings (SSSR count). The lowest BCUT2D eigenvalue weighted by Crippen LogP contribution is -2.07. The van der Waals surface area contributed by atoms with Crippen molar-refractivity contribution in [3.8, 4) is 11.5 Å². The summed E-state index contributed by atoms with van der Waals surface area (Å²) in [6.45, 7) is -0.209. The molecule has 0 bridgehead atoms. The van der Waals surface area contributed by atoms with Crippen LogP contribution >= 0.6 is 0 Å². The van der Waals surface area contributed by atoms with Gasteiger partial charge < -0.3 is 14.5 Å².